The zero-order chi connectivity index (χ0) is 13.4. The van der Waals surface area contributed by atoms with Gasteiger partial charge in [-0.15, -0.1) is 0 Å². The van der Waals surface area contributed by atoms with Gasteiger partial charge in [0.2, 0.25) is 0 Å². The minimum atomic E-state index is 0.594. The molecule has 0 aliphatic heterocycles. The predicted molar refractivity (Wildman–Crippen MR) is 78.0 cm³/mol. The molecule has 0 bridgehead atoms. The fourth-order valence-corrected chi connectivity index (χ4v) is 2.87. The van der Waals surface area contributed by atoms with Gasteiger partial charge in [-0.25, -0.2) is 14.6 Å². The first-order valence-corrected chi connectivity index (χ1v) is 7.05. The highest BCUT2D eigenvalue weighted by Crippen LogP contribution is 2.28. The Balaban J connectivity index is 2.07. The highest BCUT2D eigenvalue weighted by Gasteiger charge is 2.10. The van der Waals surface area contributed by atoms with Gasteiger partial charge in [-0.2, -0.15) is 5.10 Å². The Morgan fingerprint density at radius 3 is 2.95 bits per heavy atom. The van der Waals surface area contributed by atoms with Crippen LogP contribution in [-0.4, -0.2) is 19.7 Å². The van der Waals surface area contributed by atoms with E-state index in [0.29, 0.717) is 5.13 Å². The third-order valence-electron chi connectivity index (χ3n) is 2.94. The van der Waals surface area contributed by atoms with Crippen LogP contribution in [0.15, 0.2) is 18.2 Å². The van der Waals surface area contributed by atoms with Gasteiger partial charge in [-0.1, -0.05) is 18.3 Å². The number of hydrogen-bond acceptors (Lipinski definition) is 5. The van der Waals surface area contributed by atoms with Crippen molar-refractivity contribution >= 4 is 26.7 Å². The summed E-state index contributed by atoms with van der Waals surface area (Å²) in [4.78, 5) is 8.85. The number of hydrogen-bond donors (Lipinski definition) is 1. The first-order chi connectivity index (χ1) is 9.17. The van der Waals surface area contributed by atoms with E-state index in [-0.39, 0.29) is 0 Å². The first kappa shape index (κ1) is 12.1. The molecule has 3 aromatic rings. The van der Waals surface area contributed by atoms with Crippen LogP contribution in [0.4, 0.5) is 5.13 Å². The Morgan fingerprint density at radius 2 is 2.16 bits per heavy atom. The van der Waals surface area contributed by atoms with E-state index < -0.39 is 0 Å². The summed E-state index contributed by atoms with van der Waals surface area (Å²) in [6.07, 6.45) is 1.96. The maximum Gasteiger partial charge on any atom is 0.181 e. The lowest BCUT2D eigenvalue weighted by Gasteiger charge is -1.99. The van der Waals surface area contributed by atoms with Crippen molar-refractivity contribution < 1.29 is 0 Å². The van der Waals surface area contributed by atoms with Crippen molar-refractivity contribution in [3.8, 4) is 11.4 Å². The number of thiazole rings is 1. The summed E-state index contributed by atoms with van der Waals surface area (Å²) in [5, 5.41) is 5.02. The molecule has 0 amide bonds. The molecule has 0 radical (unpaired) electrons. The molecule has 0 atom stereocenters. The first-order valence-electron chi connectivity index (χ1n) is 6.23. The van der Waals surface area contributed by atoms with Crippen molar-refractivity contribution in [2.45, 2.75) is 19.8 Å². The molecule has 2 N–H and O–H groups in total. The monoisotopic (exact) mass is 273 g/mol. The van der Waals surface area contributed by atoms with Crippen LogP contribution < -0.4 is 5.73 Å². The third-order valence-corrected chi connectivity index (χ3v) is 3.79. The average Bonchev–Trinajstić information content (AvgIpc) is 2.90. The van der Waals surface area contributed by atoms with Crippen molar-refractivity contribution in [1.82, 2.24) is 19.7 Å². The lowest BCUT2D eigenvalue weighted by atomic mass is 10.2. The molecule has 2 aromatic heterocycles. The van der Waals surface area contributed by atoms with E-state index in [2.05, 4.69) is 28.1 Å². The van der Waals surface area contributed by atoms with Crippen molar-refractivity contribution in [2.24, 2.45) is 7.05 Å². The number of nitrogen functional groups attached to an aromatic ring is 1. The van der Waals surface area contributed by atoms with E-state index in [1.54, 1.807) is 0 Å². The Bertz CT molecular complexity index is 728. The van der Waals surface area contributed by atoms with Gasteiger partial charge < -0.3 is 5.73 Å². The van der Waals surface area contributed by atoms with Crippen molar-refractivity contribution in [2.75, 3.05) is 5.73 Å². The fourth-order valence-electron chi connectivity index (χ4n) is 2.10. The molecule has 0 aliphatic carbocycles. The molecule has 2 heterocycles. The van der Waals surface area contributed by atoms with Crippen molar-refractivity contribution in [3.63, 3.8) is 0 Å². The van der Waals surface area contributed by atoms with E-state index >= 15 is 0 Å². The van der Waals surface area contributed by atoms with Gasteiger partial charge in [0, 0.05) is 19.0 Å². The van der Waals surface area contributed by atoms with Gasteiger partial charge in [-0.3, -0.25) is 0 Å². The summed E-state index contributed by atoms with van der Waals surface area (Å²) in [5.41, 5.74) is 7.71. The minimum absolute atomic E-state index is 0.594. The van der Waals surface area contributed by atoms with Crippen LogP contribution in [0.5, 0.6) is 0 Å². The summed E-state index contributed by atoms with van der Waals surface area (Å²) in [6.45, 7) is 2.13. The molecule has 0 saturated heterocycles. The van der Waals surface area contributed by atoms with E-state index in [0.717, 1.165) is 40.3 Å². The average molecular weight is 273 g/mol. The van der Waals surface area contributed by atoms with Crippen LogP contribution in [0.25, 0.3) is 21.6 Å². The number of rotatable bonds is 3. The van der Waals surface area contributed by atoms with Crippen LogP contribution in [0, 0.1) is 0 Å². The number of nitrogens with two attached hydrogens (primary N) is 1. The summed E-state index contributed by atoms with van der Waals surface area (Å²) >= 11 is 1.49. The van der Waals surface area contributed by atoms with Crippen LogP contribution in [0.3, 0.4) is 0 Å². The largest absolute Gasteiger partial charge is 0.375 e. The molecule has 98 valence electrons. The van der Waals surface area contributed by atoms with E-state index in [1.807, 2.05) is 23.9 Å². The Morgan fingerprint density at radius 1 is 1.32 bits per heavy atom. The van der Waals surface area contributed by atoms with E-state index in [4.69, 9.17) is 5.73 Å². The molecular formula is C13H15N5S. The van der Waals surface area contributed by atoms with Gasteiger partial charge in [0.1, 0.15) is 0 Å². The molecule has 0 aliphatic rings. The number of benzene rings is 1. The van der Waals surface area contributed by atoms with E-state index in [1.165, 1.54) is 11.3 Å². The fraction of sp³-hybridized carbons (Fsp3) is 0.308. The molecular weight excluding hydrogens is 258 g/mol. The number of aromatic nitrogens is 4. The maximum atomic E-state index is 5.73. The normalized spacial score (nSPS) is 11.3. The Kier molecular flexibility index (Phi) is 2.94. The number of fused-ring (bicyclic) bond motifs is 1. The second-order valence-corrected chi connectivity index (χ2v) is 5.52. The topological polar surface area (TPSA) is 69.6 Å². The molecule has 6 heteroatoms. The highest BCUT2D eigenvalue weighted by molar-refractivity contribution is 7.22. The van der Waals surface area contributed by atoms with Crippen LogP contribution >= 0.6 is 11.3 Å². The zero-order valence-electron chi connectivity index (χ0n) is 10.9. The molecule has 19 heavy (non-hydrogen) atoms. The highest BCUT2D eigenvalue weighted by atomic mass is 32.1. The minimum Gasteiger partial charge on any atom is -0.375 e. The van der Waals surface area contributed by atoms with E-state index in [9.17, 15) is 0 Å². The third kappa shape index (κ3) is 2.19. The predicted octanol–water partition coefficient (Wildman–Crippen LogP) is 2.63. The number of nitrogens with zero attached hydrogens (tertiary/aromatic N) is 4. The molecule has 3 rings (SSSR count). The van der Waals surface area contributed by atoms with Crippen LogP contribution in [0.2, 0.25) is 0 Å². The Labute approximate surface area is 115 Å². The quantitative estimate of drug-likeness (QED) is 0.796. The zero-order valence-corrected chi connectivity index (χ0v) is 11.7. The molecule has 1 aromatic carbocycles. The second-order valence-electron chi connectivity index (χ2n) is 4.46. The SMILES string of the molecule is CCCc1nc(-c2ccc3nc(N)sc3c2)n(C)n1. The molecule has 0 spiro atoms. The van der Waals surface area contributed by atoms with Gasteiger partial charge >= 0.3 is 0 Å². The van der Waals surface area contributed by atoms with Gasteiger partial charge in [0.05, 0.1) is 10.2 Å². The van der Waals surface area contributed by atoms with Crippen molar-refractivity contribution in [1.29, 1.82) is 0 Å². The smallest absolute Gasteiger partial charge is 0.181 e. The van der Waals surface area contributed by atoms with Gasteiger partial charge in [0.25, 0.3) is 0 Å². The molecule has 0 saturated carbocycles. The summed E-state index contributed by atoms with van der Waals surface area (Å²) in [6, 6.07) is 6.07. The lowest BCUT2D eigenvalue weighted by molar-refractivity contribution is 0.738. The Hall–Kier alpha value is -1.95. The lowest BCUT2D eigenvalue weighted by Crippen LogP contribution is -1.94. The summed E-state index contributed by atoms with van der Waals surface area (Å²) in [7, 11) is 1.92. The standard InChI is InChI=1S/C13H15N5S/c1-3-4-11-16-12(18(2)17-11)8-5-6-9-10(7-8)19-13(14)15-9/h5-7H,3-4H2,1-2H3,(H2,14,15). The second kappa shape index (κ2) is 4.62. The van der Waals surface area contributed by atoms with Crippen molar-refractivity contribution in [3.05, 3.63) is 24.0 Å². The molecule has 5 nitrogen and oxygen atoms in total. The van der Waals surface area contributed by atoms with Crippen LogP contribution in [-0.2, 0) is 13.5 Å². The molecule has 0 unspecified atom stereocenters. The summed E-state index contributed by atoms with van der Waals surface area (Å²) in [5.74, 6) is 1.78. The molecule has 0 fully saturated rings. The maximum absolute atomic E-state index is 5.73. The van der Waals surface area contributed by atoms with Gasteiger partial charge in [-0.05, 0) is 24.6 Å². The number of anilines is 1. The number of aryl methyl sites for hydroxylation is 2. The van der Waals surface area contributed by atoms with Gasteiger partial charge in [0.15, 0.2) is 16.8 Å². The van der Waals surface area contributed by atoms with Crippen LogP contribution in [0.1, 0.15) is 19.2 Å². The summed E-state index contributed by atoms with van der Waals surface area (Å²) < 4.78 is 2.91.